The van der Waals surface area contributed by atoms with Crippen molar-refractivity contribution in [1.29, 1.82) is 0 Å². The fourth-order valence-corrected chi connectivity index (χ4v) is 3.19. The Bertz CT molecular complexity index is 1020. The van der Waals surface area contributed by atoms with E-state index in [1.807, 2.05) is 40.1 Å². The highest BCUT2D eigenvalue weighted by molar-refractivity contribution is 5.78. The Hall–Kier alpha value is -3.26. The van der Waals surface area contributed by atoms with E-state index in [4.69, 9.17) is 4.98 Å². The molecule has 1 saturated heterocycles. The molecule has 2 N–H and O–H groups in total. The van der Waals surface area contributed by atoms with E-state index in [-0.39, 0.29) is 0 Å². The van der Waals surface area contributed by atoms with Crippen LogP contribution in [-0.2, 0) is 5.60 Å². The monoisotopic (exact) mass is 333 g/mol. The van der Waals surface area contributed by atoms with Crippen molar-refractivity contribution >= 4 is 17.0 Å². The molecule has 0 aromatic carbocycles. The van der Waals surface area contributed by atoms with E-state index >= 15 is 0 Å². The lowest BCUT2D eigenvalue weighted by molar-refractivity contribution is 0.00660. The van der Waals surface area contributed by atoms with Gasteiger partial charge in [-0.25, -0.2) is 4.98 Å². The first kappa shape index (κ1) is 14.1. The molecule has 5 heterocycles. The molecule has 0 amide bonds. The Morgan fingerprint density at radius 1 is 1.12 bits per heavy atom. The highest BCUT2D eigenvalue weighted by atomic mass is 16.3. The smallest absolute Gasteiger partial charge is 0.227 e. The molecule has 4 aromatic rings. The minimum absolute atomic E-state index is 0.438. The highest BCUT2D eigenvalue weighted by Gasteiger charge is 2.44. The third-order valence-electron chi connectivity index (χ3n) is 4.58. The first-order valence-corrected chi connectivity index (χ1v) is 7.94. The van der Waals surface area contributed by atoms with Crippen molar-refractivity contribution in [3.8, 4) is 5.69 Å². The zero-order valence-corrected chi connectivity index (χ0v) is 13.2. The van der Waals surface area contributed by atoms with Gasteiger partial charge in [-0.15, -0.1) is 0 Å². The summed E-state index contributed by atoms with van der Waals surface area (Å²) >= 11 is 0. The van der Waals surface area contributed by atoms with Crippen molar-refractivity contribution in [3.05, 3.63) is 60.9 Å². The van der Waals surface area contributed by atoms with Crippen molar-refractivity contribution in [1.82, 2.24) is 29.7 Å². The minimum atomic E-state index is -0.904. The van der Waals surface area contributed by atoms with Crippen LogP contribution >= 0.6 is 0 Å². The second-order valence-electron chi connectivity index (χ2n) is 6.21. The van der Waals surface area contributed by atoms with Crippen molar-refractivity contribution in [3.63, 3.8) is 0 Å². The summed E-state index contributed by atoms with van der Waals surface area (Å²) in [6, 6.07) is 5.85. The molecular formula is C17H15N7O. The van der Waals surface area contributed by atoms with Crippen LogP contribution in [0.4, 0.5) is 5.95 Å². The summed E-state index contributed by atoms with van der Waals surface area (Å²) in [6.45, 7) is 0.877. The lowest BCUT2D eigenvalue weighted by Crippen LogP contribution is -2.60. The van der Waals surface area contributed by atoms with Crippen molar-refractivity contribution in [2.45, 2.75) is 5.60 Å². The number of aromatic amines is 1. The van der Waals surface area contributed by atoms with Gasteiger partial charge in [0.15, 0.2) is 0 Å². The SMILES string of the molecule is OC1(c2cn[nH]c2)CN(c2ncc3ccn(-c4ccncc4)c3n2)C1. The molecule has 0 atom stereocenters. The second kappa shape index (κ2) is 5.12. The molecule has 0 aliphatic carbocycles. The summed E-state index contributed by atoms with van der Waals surface area (Å²) in [4.78, 5) is 15.1. The number of anilines is 1. The highest BCUT2D eigenvalue weighted by Crippen LogP contribution is 2.34. The summed E-state index contributed by atoms with van der Waals surface area (Å²) in [5.41, 5.74) is 1.70. The number of hydrogen-bond donors (Lipinski definition) is 2. The van der Waals surface area contributed by atoms with Gasteiger partial charge in [0, 0.05) is 41.9 Å². The lowest BCUT2D eigenvalue weighted by atomic mass is 9.88. The number of pyridine rings is 1. The number of nitrogens with one attached hydrogen (secondary N) is 1. The van der Waals surface area contributed by atoms with Crippen LogP contribution in [0.5, 0.6) is 0 Å². The Morgan fingerprint density at radius 2 is 1.96 bits per heavy atom. The zero-order chi connectivity index (χ0) is 16.9. The standard InChI is InChI=1S/C17H15N7O/c25-17(13-8-20-21-9-13)10-23(11-17)16-19-7-12-3-6-24(15(12)22-16)14-1-4-18-5-2-14/h1-9,25H,10-11H2,(H,20,21). The first-order valence-electron chi connectivity index (χ1n) is 7.94. The number of aliphatic hydroxyl groups is 1. The Balaban J connectivity index is 1.48. The van der Waals surface area contributed by atoms with Crippen LogP contribution in [0.15, 0.2) is 55.4 Å². The van der Waals surface area contributed by atoms with Crippen LogP contribution in [0, 0.1) is 0 Å². The van der Waals surface area contributed by atoms with Crippen LogP contribution in [0.3, 0.4) is 0 Å². The molecule has 1 fully saturated rings. The summed E-state index contributed by atoms with van der Waals surface area (Å²) in [5.74, 6) is 0.606. The van der Waals surface area contributed by atoms with E-state index in [2.05, 4.69) is 20.2 Å². The molecule has 0 unspecified atom stereocenters. The predicted molar refractivity (Wildman–Crippen MR) is 91.4 cm³/mol. The maximum atomic E-state index is 10.6. The number of fused-ring (bicyclic) bond motifs is 1. The molecule has 5 rings (SSSR count). The van der Waals surface area contributed by atoms with Crippen molar-refractivity contribution in [2.75, 3.05) is 18.0 Å². The van der Waals surface area contributed by atoms with Crippen molar-refractivity contribution in [2.24, 2.45) is 0 Å². The molecule has 0 bridgehead atoms. The minimum Gasteiger partial charge on any atom is -0.381 e. The largest absolute Gasteiger partial charge is 0.381 e. The molecule has 0 spiro atoms. The number of rotatable bonds is 3. The van der Waals surface area contributed by atoms with Gasteiger partial charge in [0.25, 0.3) is 0 Å². The molecule has 4 aromatic heterocycles. The topological polar surface area (TPSA) is 95.8 Å². The van der Waals surface area contributed by atoms with E-state index in [0.29, 0.717) is 19.0 Å². The van der Waals surface area contributed by atoms with E-state index < -0.39 is 5.60 Å². The van der Waals surface area contributed by atoms with Crippen molar-refractivity contribution < 1.29 is 5.11 Å². The van der Waals surface area contributed by atoms with Crippen LogP contribution in [0.25, 0.3) is 16.7 Å². The zero-order valence-electron chi connectivity index (χ0n) is 13.2. The molecule has 8 nitrogen and oxygen atoms in total. The fourth-order valence-electron chi connectivity index (χ4n) is 3.19. The number of β-amino-alcohol motifs (C(OH)–C–C–N with tert-alkyl or cyclic N) is 1. The Morgan fingerprint density at radius 3 is 2.72 bits per heavy atom. The van der Waals surface area contributed by atoms with Gasteiger partial charge in [-0.3, -0.25) is 10.1 Å². The molecule has 8 heteroatoms. The number of aromatic nitrogens is 6. The van der Waals surface area contributed by atoms with E-state index in [0.717, 1.165) is 22.3 Å². The molecule has 0 saturated carbocycles. The lowest BCUT2D eigenvalue weighted by Gasteiger charge is -2.45. The predicted octanol–water partition coefficient (Wildman–Crippen LogP) is 1.25. The average molecular weight is 333 g/mol. The Labute approximate surface area is 142 Å². The normalized spacial score (nSPS) is 16.1. The van der Waals surface area contributed by atoms with E-state index in [9.17, 15) is 5.11 Å². The summed E-state index contributed by atoms with van der Waals surface area (Å²) in [6.07, 6.45) is 10.7. The van der Waals surface area contributed by atoms with Gasteiger partial charge < -0.3 is 14.6 Å². The number of hydrogen-bond acceptors (Lipinski definition) is 6. The van der Waals surface area contributed by atoms with Gasteiger partial charge in [0.05, 0.1) is 25.0 Å². The van der Waals surface area contributed by atoms with Gasteiger partial charge in [0.2, 0.25) is 5.95 Å². The van der Waals surface area contributed by atoms with Gasteiger partial charge in [-0.2, -0.15) is 10.1 Å². The molecule has 124 valence electrons. The average Bonchev–Trinajstić information content (AvgIpc) is 3.29. The van der Waals surface area contributed by atoms with Crippen LogP contribution in [0.2, 0.25) is 0 Å². The maximum absolute atomic E-state index is 10.6. The number of nitrogens with zero attached hydrogens (tertiary/aromatic N) is 6. The van der Waals surface area contributed by atoms with Gasteiger partial charge in [-0.05, 0) is 18.2 Å². The van der Waals surface area contributed by atoms with Gasteiger partial charge >= 0.3 is 0 Å². The summed E-state index contributed by atoms with van der Waals surface area (Å²) in [7, 11) is 0. The first-order chi connectivity index (χ1) is 12.2. The molecule has 0 radical (unpaired) electrons. The van der Waals surface area contributed by atoms with Crippen LogP contribution in [-0.4, -0.2) is 47.9 Å². The Kier molecular flexibility index (Phi) is 2.89. The summed E-state index contributed by atoms with van der Waals surface area (Å²) < 4.78 is 2.00. The molecule has 1 aliphatic heterocycles. The second-order valence-corrected chi connectivity index (χ2v) is 6.21. The third-order valence-corrected chi connectivity index (χ3v) is 4.58. The quantitative estimate of drug-likeness (QED) is 0.586. The third kappa shape index (κ3) is 2.18. The molecule has 1 aliphatic rings. The molecule has 25 heavy (non-hydrogen) atoms. The van der Waals surface area contributed by atoms with E-state index in [1.54, 1.807) is 24.8 Å². The fraction of sp³-hybridized carbons (Fsp3) is 0.176. The summed E-state index contributed by atoms with van der Waals surface area (Å²) in [5, 5.41) is 18.2. The van der Waals surface area contributed by atoms with Gasteiger partial charge in [-0.1, -0.05) is 0 Å². The van der Waals surface area contributed by atoms with Crippen LogP contribution in [0.1, 0.15) is 5.56 Å². The maximum Gasteiger partial charge on any atom is 0.227 e. The van der Waals surface area contributed by atoms with Crippen LogP contribution < -0.4 is 4.90 Å². The number of H-pyrrole nitrogens is 1. The van der Waals surface area contributed by atoms with Gasteiger partial charge in [0.1, 0.15) is 11.2 Å². The van der Waals surface area contributed by atoms with E-state index in [1.165, 1.54) is 0 Å². The molecular weight excluding hydrogens is 318 g/mol.